The molecule has 0 spiro atoms. The number of esters is 1. The first-order valence-electron chi connectivity index (χ1n) is 10.3. The molecule has 0 heterocycles. The smallest absolute Gasteiger partial charge is 0.315 e. The fourth-order valence-electron chi connectivity index (χ4n) is 3.58. The summed E-state index contributed by atoms with van der Waals surface area (Å²) in [4.78, 5) is 12.2. The first-order valence-corrected chi connectivity index (χ1v) is 10.3. The van der Waals surface area contributed by atoms with E-state index in [4.69, 9.17) is 18.9 Å². The maximum atomic E-state index is 12.2. The molecule has 2 rings (SSSR count). The highest BCUT2D eigenvalue weighted by molar-refractivity contribution is 5.69. The van der Waals surface area contributed by atoms with E-state index in [1.165, 1.54) is 0 Å². The van der Waals surface area contributed by atoms with Crippen molar-refractivity contribution in [1.29, 1.82) is 0 Å². The summed E-state index contributed by atoms with van der Waals surface area (Å²) >= 11 is 0. The summed E-state index contributed by atoms with van der Waals surface area (Å²) in [6, 6.07) is 7.96. The molecule has 152 valence electrons. The summed E-state index contributed by atoms with van der Waals surface area (Å²) < 4.78 is 22.2. The van der Waals surface area contributed by atoms with Crippen molar-refractivity contribution in [3.8, 4) is 5.75 Å². The van der Waals surface area contributed by atoms with Gasteiger partial charge in [0.25, 0.3) is 0 Å². The molecule has 1 unspecified atom stereocenters. The third-order valence-electron chi connectivity index (χ3n) is 4.98. The third-order valence-corrected chi connectivity index (χ3v) is 4.98. The number of methoxy groups -OCH3 is 1. The van der Waals surface area contributed by atoms with Crippen LogP contribution in [0.15, 0.2) is 24.3 Å². The van der Waals surface area contributed by atoms with Crippen LogP contribution in [0.3, 0.4) is 0 Å². The normalized spacial score (nSPS) is 20.9. The molecule has 0 aliphatic heterocycles. The lowest BCUT2D eigenvalue weighted by molar-refractivity contribution is -0.231. The molecule has 0 bridgehead atoms. The molecule has 0 N–H and O–H groups in total. The molecule has 5 heteroatoms. The van der Waals surface area contributed by atoms with Gasteiger partial charge in [-0.1, -0.05) is 38.3 Å². The van der Waals surface area contributed by atoms with Crippen LogP contribution in [-0.2, 0) is 19.0 Å². The van der Waals surface area contributed by atoms with Gasteiger partial charge in [-0.15, -0.1) is 0 Å². The molecule has 5 nitrogen and oxygen atoms in total. The van der Waals surface area contributed by atoms with E-state index in [0.717, 1.165) is 50.5 Å². The van der Waals surface area contributed by atoms with E-state index in [-0.39, 0.29) is 18.0 Å². The second kappa shape index (κ2) is 12.0. The van der Waals surface area contributed by atoms with Crippen LogP contribution in [0.5, 0.6) is 5.75 Å². The Hall–Kier alpha value is -1.59. The van der Waals surface area contributed by atoms with E-state index >= 15 is 0 Å². The average Bonchev–Trinajstić information content (AvgIpc) is 2.68. The molecule has 0 radical (unpaired) electrons. The lowest BCUT2D eigenvalue weighted by atomic mass is 9.81. The number of hydrogen-bond donors (Lipinski definition) is 0. The number of benzene rings is 1. The summed E-state index contributed by atoms with van der Waals surface area (Å²) in [7, 11) is 1.55. The second-order valence-corrected chi connectivity index (χ2v) is 7.05. The predicted molar refractivity (Wildman–Crippen MR) is 105 cm³/mol. The summed E-state index contributed by atoms with van der Waals surface area (Å²) in [5.41, 5.74) is 1.14. The van der Waals surface area contributed by atoms with Crippen molar-refractivity contribution < 1.29 is 23.7 Å². The molecule has 1 aliphatic rings. The lowest BCUT2D eigenvalue weighted by Gasteiger charge is -2.32. The standard InChI is InChI=1S/C22H34O5/c1-4-6-7-15-21(23)27-20-14-9-8-13-19(20)17-11-10-12-18(16-17)26-22(24-3)25-5-2/h10-12,16,19-20,22H,4-9,13-15H2,1-3H3/t19-,20+,22?/m0/s1. The van der Waals surface area contributed by atoms with Gasteiger partial charge >= 0.3 is 12.4 Å². The molecular formula is C22H34O5. The van der Waals surface area contributed by atoms with E-state index in [1.807, 2.05) is 25.1 Å². The maximum absolute atomic E-state index is 12.2. The van der Waals surface area contributed by atoms with Crippen molar-refractivity contribution in [3.05, 3.63) is 29.8 Å². The summed E-state index contributed by atoms with van der Waals surface area (Å²) in [5, 5.41) is 0. The van der Waals surface area contributed by atoms with Crippen LogP contribution in [0, 0.1) is 0 Å². The van der Waals surface area contributed by atoms with Gasteiger partial charge in [0.2, 0.25) is 0 Å². The largest absolute Gasteiger partial charge is 0.462 e. The van der Waals surface area contributed by atoms with Gasteiger partial charge in [0.05, 0.1) is 6.61 Å². The summed E-state index contributed by atoms with van der Waals surface area (Å²) in [5.74, 6) is 0.848. The first-order chi connectivity index (χ1) is 13.2. The van der Waals surface area contributed by atoms with Crippen LogP contribution in [0.1, 0.15) is 76.7 Å². The Labute approximate surface area is 163 Å². The third kappa shape index (κ3) is 7.15. The highest BCUT2D eigenvalue weighted by atomic mass is 16.8. The van der Waals surface area contributed by atoms with Crippen LogP contribution in [0.25, 0.3) is 0 Å². The van der Waals surface area contributed by atoms with Crippen LogP contribution < -0.4 is 4.74 Å². The van der Waals surface area contributed by atoms with Crippen molar-refractivity contribution in [3.63, 3.8) is 0 Å². The number of carbonyl (C=O) groups excluding carboxylic acids is 1. The zero-order valence-corrected chi connectivity index (χ0v) is 16.9. The van der Waals surface area contributed by atoms with Gasteiger partial charge in [0, 0.05) is 19.4 Å². The molecule has 1 fully saturated rings. The molecule has 0 amide bonds. The molecular weight excluding hydrogens is 344 g/mol. The fourth-order valence-corrected chi connectivity index (χ4v) is 3.58. The Balaban J connectivity index is 2.02. The highest BCUT2D eigenvalue weighted by Crippen LogP contribution is 2.36. The minimum absolute atomic E-state index is 0.0479. The van der Waals surface area contributed by atoms with Gasteiger partial charge in [-0.2, -0.15) is 0 Å². The predicted octanol–water partition coefficient (Wildman–Crippen LogP) is 5.18. The molecule has 1 aliphatic carbocycles. The fraction of sp³-hybridized carbons (Fsp3) is 0.682. The van der Waals surface area contributed by atoms with Crippen LogP contribution in [0.2, 0.25) is 0 Å². The minimum Gasteiger partial charge on any atom is -0.462 e. The monoisotopic (exact) mass is 378 g/mol. The Morgan fingerprint density at radius 2 is 2.00 bits per heavy atom. The van der Waals surface area contributed by atoms with E-state index in [2.05, 4.69) is 13.0 Å². The van der Waals surface area contributed by atoms with Crippen LogP contribution in [0.4, 0.5) is 0 Å². The van der Waals surface area contributed by atoms with E-state index in [9.17, 15) is 4.79 Å². The number of ether oxygens (including phenoxy) is 4. The molecule has 0 saturated heterocycles. The average molecular weight is 379 g/mol. The first kappa shape index (κ1) is 21.7. The van der Waals surface area contributed by atoms with Gasteiger partial charge < -0.3 is 18.9 Å². The van der Waals surface area contributed by atoms with Gasteiger partial charge in [0.15, 0.2) is 0 Å². The second-order valence-electron chi connectivity index (χ2n) is 7.05. The number of hydrogen-bond acceptors (Lipinski definition) is 5. The van der Waals surface area contributed by atoms with Crippen LogP contribution >= 0.6 is 0 Å². The van der Waals surface area contributed by atoms with Crippen molar-refractivity contribution in [2.45, 2.75) is 83.7 Å². The number of unbranched alkanes of at least 4 members (excludes halogenated alkanes) is 2. The zero-order valence-electron chi connectivity index (χ0n) is 16.9. The van der Waals surface area contributed by atoms with Gasteiger partial charge in [-0.3, -0.25) is 4.79 Å². The van der Waals surface area contributed by atoms with Gasteiger partial charge in [-0.25, -0.2) is 0 Å². The minimum atomic E-state index is -0.719. The quantitative estimate of drug-likeness (QED) is 0.302. The number of rotatable bonds is 11. The molecule has 3 atom stereocenters. The Morgan fingerprint density at radius 1 is 1.19 bits per heavy atom. The number of carbonyl (C=O) groups is 1. The van der Waals surface area contributed by atoms with Gasteiger partial charge in [-0.05, 0) is 50.3 Å². The summed E-state index contributed by atoms with van der Waals surface area (Å²) in [6.07, 6.45) is 7.77. The molecule has 1 saturated carbocycles. The maximum Gasteiger partial charge on any atom is 0.315 e. The Morgan fingerprint density at radius 3 is 2.74 bits per heavy atom. The SMILES string of the molecule is CCCCCC(=O)O[C@@H]1CCCC[C@H]1c1cccc(OC(OC)OCC)c1. The van der Waals surface area contributed by atoms with Crippen molar-refractivity contribution >= 4 is 5.97 Å². The Bertz CT molecular complexity index is 559. The van der Waals surface area contributed by atoms with Gasteiger partial charge in [0.1, 0.15) is 11.9 Å². The highest BCUT2D eigenvalue weighted by Gasteiger charge is 2.29. The molecule has 0 aromatic heterocycles. The summed E-state index contributed by atoms with van der Waals surface area (Å²) in [6.45, 7) is 3.82. The topological polar surface area (TPSA) is 54.0 Å². The van der Waals surface area contributed by atoms with Crippen molar-refractivity contribution in [2.24, 2.45) is 0 Å². The van der Waals surface area contributed by atoms with Crippen molar-refractivity contribution in [1.82, 2.24) is 0 Å². The lowest BCUT2D eigenvalue weighted by Crippen LogP contribution is -2.28. The zero-order chi connectivity index (χ0) is 19.5. The Kier molecular flexibility index (Phi) is 9.64. The van der Waals surface area contributed by atoms with Crippen LogP contribution in [-0.4, -0.2) is 32.3 Å². The van der Waals surface area contributed by atoms with E-state index in [1.54, 1.807) is 7.11 Å². The van der Waals surface area contributed by atoms with Crippen molar-refractivity contribution in [2.75, 3.05) is 13.7 Å². The van der Waals surface area contributed by atoms with E-state index < -0.39 is 6.48 Å². The molecule has 1 aromatic carbocycles. The van der Waals surface area contributed by atoms with E-state index in [0.29, 0.717) is 18.8 Å². The molecule has 1 aromatic rings. The molecule has 27 heavy (non-hydrogen) atoms.